The van der Waals surface area contributed by atoms with Gasteiger partial charge in [0.2, 0.25) is 17.7 Å². The number of benzene rings is 3. The van der Waals surface area contributed by atoms with Crippen LogP contribution in [0.3, 0.4) is 0 Å². The van der Waals surface area contributed by atoms with Crippen molar-refractivity contribution in [1.29, 1.82) is 0 Å². The first kappa shape index (κ1) is 27.4. The Kier molecular flexibility index (Phi) is 7.12. The molecule has 0 bridgehead atoms. The number of non-ortho nitro benzene ring substituents is 1. The van der Waals surface area contributed by atoms with Gasteiger partial charge in [-0.05, 0) is 42.0 Å². The van der Waals surface area contributed by atoms with Crippen LogP contribution in [-0.4, -0.2) is 39.6 Å². The van der Waals surface area contributed by atoms with Crippen LogP contribution in [0.4, 0.5) is 17.1 Å². The molecule has 4 aromatic rings. The van der Waals surface area contributed by atoms with Crippen molar-refractivity contribution in [3.05, 3.63) is 109 Å². The van der Waals surface area contributed by atoms with E-state index in [0.717, 1.165) is 28.0 Å². The van der Waals surface area contributed by atoms with Gasteiger partial charge in [-0.15, -0.1) is 0 Å². The third-order valence-corrected chi connectivity index (χ3v) is 9.81. The number of thioether (sulfide) groups is 1. The van der Waals surface area contributed by atoms with Crippen LogP contribution >= 0.6 is 23.1 Å². The number of aromatic nitrogens is 1. The molecule has 2 unspecified atom stereocenters. The van der Waals surface area contributed by atoms with Gasteiger partial charge in [-0.25, -0.2) is 4.90 Å². The number of amides is 3. The zero-order valence-electron chi connectivity index (χ0n) is 22.0. The molecule has 3 atom stereocenters. The number of rotatable bonds is 7. The maximum atomic E-state index is 13.9. The van der Waals surface area contributed by atoms with Crippen LogP contribution < -0.4 is 19.8 Å². The molecule has 1 aromatic heterocycles. The molecule has 11 nitrogen and oxygen atoms in total. The number of fused-ring (bicyclic) bond motifs is 2. The average molecular weight is 603 g/mol. The van der Waals surface area contributed by atoms with Crippen molar-refractivity contribution in [1.82, 2.24) is 4.57 Å². The number of nitro benzene ring substituents is 1. The summed E-state index contributed by atoms with van der Waals surface area (Å²) >= 11 is 2.05. The molecule has 13 heteroatoms. The van der Waals surface area contributed by atoms with E-state index in [1.54, 1.807) is 48.5 Å². The molecule has 2 aliphatic heterocycles. The lowest BCUT2D eigenvalue weighted by Gasteiger charge is -2.30. The van der Waals surface area contributed by atoms with Gasteiger partial charge in [0, 0.05) is 28.6 Å². The fourth-order valence-electron chi connectivity index (χ4n) is 5.27. The SMILES string of the molecule is COc1ccc([C@@H]2c3sc(=O)n(CC(=O)Nc4ccccc4)c3SC3C(=O)N(c4ccc([N+](=O)[O-])cc4)C(=O)C32)cc1. The summed E-state index contributed by atoms with van der Waals surface area (Å²) in [5.41, 5.74) is 1.35. The Balaban J connectivity index is 1.41. The molecule has 1 saturated heterocycles. The first-order valence-corrected chi connectivity index (χ1v) is 14.5. The van der Waals surface area contributed by atoms with E-state index in [1.165, 1.54) is 35.9 Å². The highest BCUT2D eigenvalue weighted by atomic mass is 32.2. The number of para-hydroxylation sites is 1. The van der Waals surface area contributed by atoms with E-state index >= 15 is 0 Å². The van der Waals surface area contributed by atoms with Crippen molar-refractivity contribution >= 4 is 57.9 Å². The lowest BCUT2D eigenvalue weighted by atomic mass is 9.83. The smallest absolute Gasteiger partial charge is 0.308 e. The zero-order chi connectivity index (χ0) is 29.5. The Morgan fingerprint density at radius 1 is 0.976 bits per heavy atom. The zero-order valence-corrected chi connectivity index (χ0v) is 23.6. The summed E-state index contributed by atoms with van der Waals surface area (Å²) in [6.45, 7) is -0.270. The maximum Gasteiger partial charge on any atom is 0.308 e. The van der Waals surface area contributed by atoms with Crippen LogP contribution in [0.1, 0.15) is 16.4 Å². The fourth-order valence-corrected chi connectivity index (χ4v) is 8.04. The number of thiazole rings is 1. The first-order valence-electron chi connectivity index (χ1n) is 12.8. The number of nitro groups is 1. The largest absolute Gasteiger partial charge is 0.497 e. The minimum atomic E-state index is -0.885. The van der Waals surface area contributed by atoms with E-state index in [4.69, 9.17) is 4.74 Å². The number of hydrogen-bond donors (Lipinski definition) is 1. The Bertz CT molecular complexity index is 1770. The van der Waals surface area contributed by atoms with Crippen molar-refractivity contribution < 1.29 is 24.0 Å². The minimum absolute atomic E-state index is 0.166. The Hall–Kier alpha value is -4.75. The predicted molar refractivity (Wildman–Crippen MR) is 157 cm³/mol. The van der Waals surface area contributed by atoms with Crippen LogP contribution in [0.15, 0.2) is 88.7 Å². The maximum absolute atomic E-state index is 13.9. The van der Waals surface area contributed by atoms with E-state index < -0.39 is 39.7 Å². The van der Waals surface area contributed by atoms with Gasteiger partial charge in [-0.1, -0.05) is 53.4 Å². The third kappa shape index (κ3) is 4.76. The molecule has 6 rings (SSSR count). The number of hydrogen-bond acceptors (Lipinski definition) is 9. The van der Waals surface area contributed by atoms with Crippen LogP contribution in [-0.2, 0) is 20.9 Å². The predicted octanol–water partition coefficient (Wildman–Crippen LogP) is 4.26. The van der Waals surface area contributed by atoms with Gasteiger partial charge in [-0.2, -0.15) is 0 Å². The number of nitrogens with one attached hydrogen (secondary N) is 1. The van der Waals surface area contributed by atoms with Crippen molar-refractivity contribution in [2.45, 2.75) is 22.7 Å². The van der Waals surface area contributed by atoms with Crippen LogP contribution in [0, 0.1) is 16.0 Å². The van der Waals surface area contributed by atoms with Gasteiger partial charge >= 0.3 is 4.87 Å². The summed E-state index contributed by atoms with van der Waals surface area (Å²) in [7, 11) is 1.54. The highest BCUT2D eigenvalue weighted by Gasteiger charge is 2.56. The number of nitrogens with zero attached hydrogens (tertiary/aromatic N) is 3. The van der Waals surface area contributed by atoms with Gasteiger partial charge in [0.15, 0.2) is 0 Å². The molecule has 1 fully saturated rings. The number of carbonyl (C=O) groups is 3. The molecule has 2 aliphatic rings. The molecule has 3 heterocycles. The van der Waals surface area contributed by atoms with E-state index in [0.29, 0.717) is 26.9 Å². The lowest BCUT2D eigenvalue weighted by Crippen LogP contribution is -2.33. The Labute approximate surface area is 246 Å². The molecule has 1 N–H and O–H groups in total. The summed E-state index contributed by atoms with van der Waals surface area (Å²) in [5, 5.41) is 13.5. The van der Waals surface area contributed by atoms with E-state index in [9.17, 15) is 29.3 Å². The number of anilines is 2. The highest BCUT2D eigenvalue weighted by molar-refractivity contribution is 8.00. The Morgan fingerprint density at radius 2 is 1.67 bits per heavy atom. The molecule has 0 saturated carbocycles. The minimum Gasteiger partial charge on any atom is -0.497 e. The van der Waals surface area contributed by atoms with Gasteiger partial charge in [0.05, 0.1) is 28.7 Å². The van der Waals surface area contributed by atoms with Gasteiger partial charge < -0.3 is 10.1 Å². The standard InChI is InChI=1S/C29H22N4O7S2/c1-40-20-13-7-16(8-14-20)22-23-24(27(36)32(26(23)35)18-9-11-19(12-10-18)33(38)39)41-28-25(22)42-29(37)31(28)15-21(34)30-17-5-3-2-4-6-17/h2-14,22-24H,15H2,1H3,(H,30,34)/t22-,23?,24?/m0/s1. The average Bonchev–Trinajstić information content (AvgIpc) is 3.43. The van der Waals surface area contributed by atoms with Gasteiger partial charge in [0.25, 0.3) is 5.69 Å². The molecule has 0 radical (unpaired) electrons. The van der Waals surface area contributed by atoms with Crippen molar-refractivity contribution in [3.8, 4) is 5.75 Å². The molecule has 212 valence electrons. The second-order valence-electron chi connectivity index (χ2n) is 9.64. The second kappa shape index (κ2) is 10.9. The summed E-state index contributed by atoms with van der Waals surface area (Å²) in [6, 6.07) is 21.2. The molecule has 3 amide bonds. The van der Waals surface area contributed by atoms with E-state index in [2.05, 4.69) is 5.32 Å². The van der Waals surface area contributed by atoms with Crippen molar-refractivity contribution in [2.75, 3.05) is 17.3 Å². The number of carbonyl (C=O) groups excluding carboxylic acids is 3. The number of ether oxygens (including phenoxy) is 1. The Morgan fingerprint density at radius 3 is 2.31 bits per heavy atom. The lowest BCUT2D eigenvalue weighted by molar-refractivity contribution is -0.384. The molecule has 42 heavy (non-hydrogen) atoms. The molecule has 0 aliphatic carbocycles. The first-order chi connectivity index (χ1) is 20.3. The quantitative estimate of drug-likeness (QED) is 0.188. The van der Waals surface area contributed by atoms with Gasteiger partial charge in [-0.3, -0.25) is 33.9 Å². The van der Waals surface area contributed by atoms with Gasteiger partial charge in [0.1, 0.15) is 17.5 Å². The highest BCUT2D eigenvalue weighted by Crippen LogP contribution is 2.54. The normalized spacial score (nSPS) is 19.3. The van der Waals surface area contributed by atoms with Crippen LogP contribution in [0.5, 0.6) is 5.75 Å². The van der Waals surface area contributed by atoms with Crippen LogP contribution in [0.2, 0.25) is 0 Å². The third-order valence-electron chi connectivity index (χ3n) is 7.20. The fraction of sp³-hybridized carbons (Fsp3) is 0.172. The molecular formula is C29H22N4O7S2. The number of imide groups is 1. The summed E-state index contributed by atoms with van der Waals surface area (Å²) in [6.07, 6.45) is 0. The second-order valence-corrected chi connectivity index (χ2v) is 11.8. The van der Waals surface area contributed by atoms with E-state index in [-0.39, 0.29) is 22.8 Å². The number of methoxy groups -OCH3 is 1. The van der Waals surface area contributed by atoms with Crippen LogP contribution in [0.25, 0.3) is 0 Å². The summed E-state index contributed by atoms with van der Waals surface area (Å²) < 4.78 is 6.64. The summed E-state index contributed by atoms with van der Waals surface area (Å²) in [4.78, 5) is 65.8. The molecular weight excluding hydrogens is 580 g/mol. The van der Waals surface area contributed by atoms with E-state index in [1.807, 2.05) is 6.07 Å². The molecule has 0 spiro atoms. The molecule has 3 aromatic carbocycles. The van der Waals surface area contributed by atoms with Crippen molar-refractivity contribution in [2.24, 2.45) is 5.92 Å². The topological polar surface area (TPSA) is 141 Å². The van der Waals surface area contributed by atoms with Crippen molar-refractivity contribution in [3.63, 3.8) is 0 Å². The summed E-state index contributed by atoms with van der Waals surface area (Å²) in [5.74, 6) is -2.26. The monoisotopic (exact) mass is 602 g/mol.